The quantitative estimate of drug-likeness (QED) is 0.885. The Kier molecular flexibility index (Phi) is 3.38. The van der Waals surface area contributed by atoms with Crippen molar-refractivity contribution in [3.05, 3.63) is 15.6 Å². The summed E-state index contributed by atoms with van der Waals surface area (Å²) in [6.07, 6.45) is 3.63. The highest BCUT2D eigenvalue weighted by Gasteiger charge is 2.34. The molecule has 2 N–H and O–H groups in total. The number of hydrogen-bond donors (Lipinski definition) is 1. The van der Waals surface area contributed by atoms with Crippen LogP contribution < -0.4 is 5.73 Å². The van der Waals surface area contributed by atoms with E-state index in [4.69, 9.17) is 5.73 Å². The van der Waals surface area contributed by atoms with Gasteiger partial charge >= 0.3 is 0 Å². The van der Waals surface area contributed by atoms with E-state index in [2.05, 4.69) is 18.8 Å². The van der Waals surface area contributed by atoms with Gasteiger partial charge in [0.25, 0.3) is 0 Å². The maximum atomic E-state index is 5.92. The number of aromatic nitrogens is 1. The highest BCUT2D eigenvalue weighted by Crippen LogP contribution is 2.40. The van der Waals surface area contributed by atoms with Gasteiger partial charge in [-0.2, -0.15) is 11.8 Å². The van der Waals surface area contributed by atoms with Crippen LogP contribution in [0.1, 0.15) is 28.4 Å². The zero-order valence-electron chi connectivity index (χ0n) is 9.38. The van der Waals surface area contributed by atoms with Crippen LogP contribution in [-0.4, -0.2) is 22.0 Å². The third kappa shape index (κ3) is 2.37. The van der Waals surface area contributed by atoms with E-state index < -0.39 is 0 Å². The summed E-state index contributed by atoms with van der Waals surface area (Å²) in [7, 11) is 0. The third-order valence-electron chi connectivity index (χ3n) is 3.10. The molecule has 0 spiro atoms. The molecule has 0 aliphatic carbocycles. The lowest BCUT2D eigenvalue weighted by molar-refractivity contribution is 0.563. The predicted molar refractivity (Wildman–Crippen MR) is 68.8 cm³/mol. The van der Waals surface area contributed by atoms with E-state index >= 15 is 0 Å². The Morgan fingerprint density at radius 2 is 2.27 bits per heavy atom. The molecule has 15 heavy (non-hydrogen) atoms. The van der Waals surface area contributed by atoms with Crippen LogP contribution in [0.2, 0.25) is 0 Å². The van der Waals surface area contributed by atoms with Gasteiger partial charge in [-0.15, -0.1) is 11.3 Å². The van der Waals surface area contributed by atoms with Crippen molar-refractivity contribution in [3.63, 3.8) is 0 Å². The van der Waals surface area contributed by atoms with Crippen molar-refractivity contribution in [2.45, 2.75) is 37.9 Å². The van der Waals surface area contributed by atoms with Crippen molar-refractivity contribution in [1.82, 2.24) is 4.98 Å². The normalized spacial score (nSPS) is 26.1. The molecule has 0 radical (unpaired) electrons. The van der Waals surface area contributed by atoms with Crippen molar-refractivity contribution < 1.29 is 0 Å². The molecule has 0 saturated carbocycles. The molecule has 84 valence electrons. The van der Waals surface area contributed by atoms with Crippen LogP contribution in [0, 0.1) is 13.8 Å². The van der Waals surface area contributed by atoms with E-state index in [0.717, 1.165) is 13.0 Å². The average Bonchev–Trinajstić information content (AvgIpc) is 2.77. The van der Waals surface area contributed by atoms with Gasteiger partial charge in [0.05, 0.1) is 10.7 Å². The smallest absolute Gasteiger partial charge is 0.0945 e. The first-order chi connectivity index (χ1) is 7.15. The number of thioether (sulfide) groups is 1. The van der Waals surface area contributed by atoms with Crippen molar-refractivity contribution in [3.8, 4) is 0 Å². The lowest BCUT2D eigenvalue weighted by atomic mass is 10.00. The van der Waals surface area contributed by atoms with Gasteiger partial charge in [-0.05, 0) is 32.4 Å². The highest BCUT2D eigenvalue weighted by atomic mass is 32.2. The summed E-state index contributed by atoms with van der Waals surface area (Å²) in [5.41, 5.74) is 7.10. The standard InChI is InChI=1S/C11H18N2S2/c1-8-9(2)15-10(13-8)6-11(7-12)4-3-5-14-11/h3-7,12H2,1-2H3. The first-order valence-electron chi connectivity index (χ1n) is 5.42. The Morgan fingerprint density at radius 1 is 1.47 bits per heavy atom. The maximum Gasteiger partial charge on any atom is 0.0945 e. The number of nitrogens with zero attached hydrogens (tertiary/aromatic N) is 1. The van der Waals surface area contributed by atoms with Crippen LogP contribution in [0.25, 0.3) is 0 Å². The summed E-state index contributed by atoms with van der Waals surface area (Å²) in [6.45, 7) is 5.02. The molecule has 1 aliphatic heterocycles. The molecule has 2 nitrogen and oxygen atoms in total. The van der Waals surface area contributed by atoms with Crippen LogP contribution in [0.4, 0.5) is 0 Å². The number of nitrogens with two attached hydrogens (primary N) is 1. The van der Waals surface area contributed by atoms with Gasteiger partial charge in [0, 0.05) is 22.6 Å². The number of aryl methyl sites for hydroxylation is 2. The van der Waals surface area contributed by atoms with Gasteiger partial charge in [-0.3, -0.25) is 0 Å². The molecule has 1 fully saturated rings. The van der Waals surface area contributed by atoms with Crippen LogP contribution in [0.3, 0.4) is 0 Å². The first-order valence-corrected chi connectivity index (χ1v) is 7.22. The SMILES string of the molecule is Cc1nc(CC2(CN)CCCS2)sc1C. The van der Waals surface area contributed by atoms with Crippen LogP contribution >= 0.6 is 23.1 Å². The molecule has 1 saturated heterocycles. The minimum absolute atomic E-state index is 0.288. The van der Waals surface area contributed by atoms with Gasteiger partial charge in [-0.25, -0.2) is 4.98 Å². The molecule has 1 unspecified atom stereocenters. The molecular formula is C11H18N2S2. The van der Waals surface area contributed by atoms with Crippen molar-refractivity contribution in [2.24, 2.45) is 5.73 Å². The minimum atomic E-state index is 0.288. The summed E-state index contributed by atoms with van der Waals surface area (Å²) in [4.78, 5) is 5.96. The maximum absolute atomic E-state index is 5.92. The largest absolute Gasteiger partial charge is 0.329 e. The average molecular weight is 242 g/mol. The summed E-state index contributed by atoms with van der Waals surface area (Å²) >= 11 is 3.88. The topological polar surface area (TPSA) is 38.9 Å². The predicted octanol–water partition coefficient (Wildman–Crippen LogP) is 2.53. The molecule has 2 rings (SSSR count). The van der Waals surface area contributed by atoms with E-state index in [1.165, 1.54) is 34.2 Å². The van der Waals surface area contributed by atoms with E-state index in [9.17, 15) is 0 Å². The van der Waals surface area contributed by atoms with Gasteiger partial charge < -0.3 is 5.73 Å². The van der Waals surface area contributed by atoms with Crippen molar-refractivity contribution in [2.75, 3.05) is 12.3 Å². The monoisotopic (exact) mass is 242 g/mol. The zero-order chi connectivity index (χ0) is 10.9. The van der Waals surface area contributed by atoms with Crippen LogP contribution in [0.15, 0.2) is 0 Å². The van der Waals surface area contributed by atoms with Crippen LogP contribution in [-0.2, 0) is 6.42 Å². The van der Waals surface area contributed by atoms with Gasteiger partial charge in [0.15, 0.2) is 0 Å². The summed E-state index contributed by atoms with van der Waals surface area (Å²) in [6, 6.07) is 0. The zero-order valence-corrected chi connectivity index (χ0v) is 11.0. The number of hydrogen-bond acceptors (Lipinski definition) is 4. The molecule has 1 aromatic rings. The Morgan fingerprint density at radius 3 is 2.73 bits per heavy atom. The molecule has 1 atom stereocenters. The molecular weight excluding hydrogens is 224 g/mol. The molecule has 4 heteroatoms. The van der Waals surface area contributed by atoms with E-state index in [1.54, 1.807) is 0 Å². The van der Waals surface area contributed by atoms with Crippen LogP contribution in [0.5, 0.6) is 0 Å². The minimum Gasteiger partial charge on any atom is -0.329 e. The summed E-state index contributed by atoms with van der Waals surface area (Å²) in [5.74, 6) is 1.26. The lowest BCUT2D eigenvalue weighted by Gasteiger charge is -2.24. The van der Waals surface area contributed by atoms with Crippen molar-refractivity contribution >= 4 is 23.1 Å². The first kappa shape index (κ1) is 11.4. The Balaban J connectivity index is 2.12. The molecule has 0 aromatic carbocycles. The fraction of sp³-hybridized carbons (Fsp3) is 0.727. The second-order valence-electron chi connectivity index (χ2n) is 4.27. The fourth-order valence-corrected chi connectivity index (χ4v) is 4.55. The molecule has 1 aliphatic rings. The van der Waals surface area contributed by atoms with Crippen molar-refractivity contribution in [1.29, 1.82) is 0 Å². The third-order valence-corrected chi connectivity index (χ3v) is 5.80. The molecule has 1 aromatic heterocycles. The Hall–Kier alpha value is -0.0600. The lowest BCUT2D eigenvalue weighted by Crippen LogP contribution is -2.34. The molecule has 0 amide bonds. The van der Waals surface area contributed by atoms with E-state index in [-0.39, 0.29) is 4.75 Å². The Bertz CT molecular complexity index is 321. The summed E-state index contributed by atoms with van der Waals surface area (Å²) < 4.78 is 0.288. The number of rotatable bonds is 3. The summed E-state index contributed by atoms with van der Waals surface area (Å²) in [5, 5.41) is 1.27. The fourth-order valence-electron chi connectivity index (χ4n) is 2.02. The Labute approximate surface area is 99.7 Å². The van der Waals surface area contributed by atoms with Gasteiger partial charge in [0.1, 0.15) is 0 Å². The molecule has 0 bridgehead atoms. The van der Waals surface area contributed by atoms with E-state index in [0.29, 0.717) is 0 Å². The van der Waals surface area contributed by atoms with Gasteiger partial charge in [-0.1, -0.05) is 0 Å². The van der Waals surface area contributed by atoms with Gasteiger partial charge in [0.2, 0.25) is 0 Å². The molecule has 2 heterocycles. The second kappa shape index (κ2) is 4.44. The second-order valence-corrected chi connectivity index (χ2v) is 7.12. The number of thiazole rings is 1. The highest BCUT2D eigenvalue weighted by molar-refractivity contribution is 8.00. The van der Waals surface area contributed by atoms with E-state index in [1.807, 2.05) is 23.1 Å².